The molecule has 8 nitrogen and oxygen atoms in total. The average Bonchev–Trinajstić information content (AvgIpc) is 2.74. The van der Waals surface area contributed by atoms with Crippen molar-refractivity contribution in [3.8, 4) is 18.0 Å². The molecule has 0 unspecified atom stereocenters. The van der Waals surface area contributed by atoms with E-state index in [1.54, 1.807) is 36.8 Å². The molecule has 0 saturated heterocycles. The van der Waals surface area contributed by atoms with Gasteiger partial charge in [-0.1, -0.05) is 20.8 Å². The highest BCUT2D eigenvalue weighted by atomic mass is 28.4. The predicted octanol–water partition coefficient (Wildman–Crippen LogP) is 4.47. The van der Waals surface area contributed by atoms with Gasteiger partial charge in [0.15, 0.2) is 20.3 Å². The van der Waals surface area contributed by atoms with Gasteiger partial charge in [-0.05, 0) is 50.2 Å². The summed E-state index contributed by atoms with van der Waals surface area (Å²) in [4.78, 5) is 13.4. The standard InChI is InChI=1S/C24H30N6O2Si/c1-23(2,3)33(6,7)32-21-20(30-22(29-15-26)18-14-27-10-11-28-18)17-12-16(13-25)8-9-19(17)31-24(21,4)5/h8-12,14,20-21H,1-7H3,(H,29,30)/t20-,21+/m1/s1. The van der Waals surface area contributed by atoms with Crippen molar-refractivity contribution in [1.82, 2.24) is 15.3 Å². The van der Waals surface area contributed by atoms with E-state index in [9.17, 15) is 10.5 Å². The fraction of sp³-hybridized carbons (Fsp3) is 0.458. The van der Waals surface area contributed by atoms with Crippen LogP contribution < -0.4 is 10.1 Å². The molecule has 1 N–H and O–H groups in total. The van der Waals surface area contributed by atoms with Gasteiger partial charge in [-0.25, -0.2) is 4.98 Å². The number of aromatic nitrogens is 2. The van der Waals surface area contributed by atoms with Gasteiger partial charge >= 0.3 is 0 Å². The Morgan fingerprint density at radius 3 is 2.55 bits per heavy atom. The summed E-state index contributed by atoms with van der Waals surface area (Å²) >= 11 is 0. The molecule has 0 spiro atoms. The molecule has 172 valence electrons. The maximum absolute atomic E-state index is 9.51. The smallest absolute Gasteiger partial charge is 0.192 e. The summed E-state index contributed by atoms with van der Waals surface area (Å²) in [5.74, 6) is 0.920. The molecule has 3 rings (SSSR count). The van der Waals surface area contributed by atoms with Crippen molar-refractivity contribution in [2.75, 3.05) is 0 Å². The second-order valence-electron chi connectivity index (χ2n) is 10.1. The van der Waals surface area contributed by atoms with Crippen molar-refractivity contribution >= 4 is 14.2 Å². The largest absolute Gasteiger partial charge is 0.485 e. The lowest BCUT2D eigenvalue weighted by molar-refractivity contribution is -0.0489. The van der Waals surface area contributed by atoms with Gasteiger partial charge in [-0.15, -0.1) is 0 Å². The molecule has 33 heavy (non-hydrogen) atoms. The summed E-state index contributed by atoms with van der Waals surface area (Å²) in [5.41, 5.74) is 0.952. The van der Waals surface area contributed by atoms with E-state index in [-0.39, 0.29) is 10.9 Å². The van der Waals surface area contributed by atoms with Crippen LogP contribution in [0.2, 0.25) is 18.1 Å². The summed E-state index contributed by atoms with van der Waals surface area (Å²) in [6, 6.07) is 6.95. The van der Waals surface area contributed by atoms with E-state index in [4.69, 9.17) is 14.2 Å². The molecule has 0 saturated carbocycles. The zero-order chi connectivity index (χ0) is 24.4. The van der Waals surface area contributed by atoms with Crippen LogP contribution in [0.15, 0.2) is 41.8 Å². The van der Waals surface area contributed by atoms with Crippen LogP contribution >= 0.6 is 0 Å². The predicted molar refractivity (Wildman–Crippen MR) is 128 cm³/mol. The number of fused-ring (bicyclic) bond motifs is 1. The number of hydrogen-bond acceptors (Lipinski definition) is 7. The van der Waals surface area contributed by atoms with Crippen LogP contribution in [0.3, 0.4) is 0 Å². The molecule has 2 aromatic rings. The molecule has 0 amide bonds. The molecule has 1 aromatic carbocycles. The first-order valence-electron chi connectivity index (χ1n) is 10.8. The Hall–Kier alpha value is -3.27. The Balaban J connectivity index is 2.23. The second-order valence-corrected chi connectivity index (χ2v) is 14.9. The van der Waals surface area contributed by atoms with Crippen LogP contribution in [0.4, 0.5) is 0 Å². The molecule has 2 heterocycles. The third kappa shape index (κ3) is 5.05. The SMILES string of the molecule is CC1(C)Oc2ccc(C#N)cc2[C@@H](N=C(NC#N)c2cnccn2)[C@@H]1O[Si](C)(C)C(C)(C)C. The molecule has 1 aliphatic heterocycles. The third-order valence-corrected chi connectivity index (χ3v) is 10.7. The molecular weight excluding hydrogens is 432 g/mol. The maximum atomic E-state index is 9.51. The van der Waals surface area contributed by atoms with E-state index in [2.05, 4.69) is 55.2 Å². The monoisotopic (exact) mass is 462 g/mol. The van der Waals surface area contributed by atoms with Gasteiger partial charge in [0, 0.05) is 18.0 Å². The van der Waals surface area contributed by atoms with E-state index in [0.29, 0.717) is 17.0 Å². The van der Waals surface area contributed by atoms with Crippen molar-refractivity contribution in [2.45, 2.75) is 70.5 Å². The van der Waals surface area contributed by atoms with Crippen LogP contribution in [-0.4, -0.2) is 35.8 Å². The number of nitrogens with zero attached hydrogens (tertiary/aromatic N) is 5. The highest BCUT2D eigenvalue weighted by Crippen LogP contribution is 2.47. The Bertz CT molecular complexity index is 1130. The summed E-state index contributed by atoms with van der Waals surface area (Å²) in [6.45, 7) is 14.9. The fourth-order valence-electron chi connectivity index (χ4n) is 3.44. The van der Waals surface area contributed by atoms with Gasteiger partial charge in [0.25, 0.3) is 0 Å². The van der Waals surface area contributed by atoms with Crippen molar-refractivity contribution < 1.29 is 9.16 Å². The number of benzene rings is 1. The van der Waals surface area contributed by atoms with Crippen LogP contribution in [0, 0.1) is 22.8 Å². The van der Waals surface area contributed by atoms with Gasteiger partial charge in [0.2, 0.25) is 0 Å². The Kier molecular flexibility index (Phi) is 6.60. The first-order chi connectivity index (χ1) is 15.4. The number of aliphatic imine (C=N–C) groups is 1. The summed E-state index contributed by atoms with van der Waals surface area (Å²) in [5, 5.41) is 21.5. The van der Waals surface area contributed by atoms with E-state index in [1.165, 1.54) is 0 Å². The van der Waals surface area contributed by atoms with Gasteiger partial charge in [-0.3, -0.25) is 15.3 Å². The van der Waals surface area contributed by atoms with Crippen molar-refractivity contribution in [2.24, 2.45) is 4.99 Å². The van der Waals surface area contributed by atoms with Crippen LogP contribution in [0.25, 0.3) is 0 Å². The number of nitriles is 2. The number of amidine groups is 1. The first-order valence-corrected chi connectivity index (χ1v) is 13.7. The van der Waals surface area contributed by atoms with Gasteiger partial charge in [0.05, 0.1) is 17.8 Å². The van der Waals surface area contributed by atoms with Crippen molar-refractivity contribution in [1.29, 1.82) is 10.5 Å². The molecule has 9 heteroatoms. The zero-order valence-corrected chi connectivity index (χ0v) is 21.2. The molecule has 1 aliphatic rings. The number of nitrogens with one attached hydrogen (secondary N) is 1. The van der Waals surface area contributed by atoms with E-state index in [1.807, 2.05) is 20.0 Å². The first kappa shape index (κ1) is 24.4. The van der Waals surface area contributed by atoms with Crippen LogP contribution in [0.1, 0.15) is 57.5 Å². The molecule has 0 fully saturated rings. The topological polar surface area (TPSA) is 116 Å². The maximum Gasteiger partial charge on any atom is 0.192 e. The lowest BCUT2D eigenvalue weighted by Gasteiger charge is -2.48. The molecule has 1 aromatic heterocycles. The molecular formula is C24H30N6O2Si. The minimum absolute atomic E-state index is 0.0369. The molecule has 0 bridgehead atoms. The lowest BCUT2D eigenvalue weighted by Crippen LogP contribution is -2.56. The van der Waals surface area contributed by atoms with E-state index >= 15 is 0 Å². The lowest BCUT2D eigenvalue weighted by atomic mass is 9.86. The van der Waals surface area contributed by atoms with Crippen LogP contribution in [-0.2, 0) is 4.43 Å². The Labute approximate surface area is 196 Å². The zero-order valence-electron chi connectivity index (χ0n) is 20.2. The van der Waals surface area contributed by atoms with E-state index in [0.717, 1.165) is 5.56 Å². The molecule has 2 atom stereocenters. The minimum Gasteiger partial charge on any atom is -0.485 e. The number of ether oxygens (including phenoxy) is 1. The van der Waals surface area contributed by atoms with Crippen molar-refractivity contribution in [3.63, 3.8) is 0 Å². The molecule has 0 radical (unpaired) electrons. The van der Waals surface area contributed by atoms with Gasteiger partial charge < -0.3 is 9.16 Å². The summed E-state index contributed by atoms with van der Waals surface area (Å²) < 4.78 is 13.3. The number of rotatable bonds is 4. The highest BCUT2D eigenvalue weighted by molar-refractivity contribution is 6.74. The number of hydrogen-bond donors (Lipinski definition) is 1. The van der Waals surface area contributed by atoms with Gasteiger partial charge in [-0.2, -0.15) is 10.5 Å². The summed E-state index contributed by atoms with van der Waals surface area (Å²) in [6.07, 6.45) is 6.13. The fourth-order valence-corrected chi connectivity index (χ4v) is 4.84. The van der Waals surface area contributed by atoms with Crippen LogP contribution in [0.5, 0.6) is 5.75 Å². The van der Waals surface area contributed by atoms with E-state index < -0.39 is 26.1 Å². The Morgan fingerprint density at radius 1 is 1.24 bits per heavy atom. The minimum atomic E-state index is -2.24. The highest BCUT2D eigenvalue weighted by Gasteiger charge is 2.50. The average molecular weight is 463 g/mol. The second kappa shape index (κ2) is 8.93. The Morgan fingerprint density at radius 2 is 1.97 bits per heavy atom. The molecule has 0 aliphatic carbocycles. The quantitative estimate of drug-likeness (QED) is 0.234. The van der Waals surface area contributed by atoms with Crippen molar-refractivity contribution in [3.05, 3.63) is 53.6 Å². The van der Waals surface area contributed by atoms with Gasteiger partial charge in [0.1, 0.15) is 29.2 Å². The third-order valence-electron chi connectivity index (χ3n) is 6.28. The normalized spacial score (nSPS) is 20.1. The summed E-state index contributed by atoms with van der Waals surface area (Å²) in [7, 11) is -2.24.